The first-order valence-corrected chi connectivity index (χ1v) is 11.0. The van der Waals surface area contributed by atoms with Crippen LogP contribution in [-0.4, -0.2) is 20.9 Å². The second-order valence-electron chi connectivity index (χ2n) is 6.83. The topological polar surface area (TPSA) is 75.3 Å². The van der Waals surface area contributed by atoms with E-state index >= 15 is 0 Å². The molecule has 1 saturated carbocycles. The standard InChI is InChI=1S/C20H23ClN2O3S/c21-18-12-11-16(20(24)22-14-15-7-3-1-4-8-15)13-19(18)27(25,26)23-17-9-5-2-6-10-17/h2,5-6,9-13,15,23H,1,3-4,7-8,14H2,(H,22,24). The van der Waals surface area contributed by atoms with Gasteiger partial charge in [-0.15, -0.1) is 0 Å². The van der Waals surface area contributed by atoms with E-state index in [-0.39, 0.29) is 21.4 Å². The van der Waals surface area contributed by atoms with Gasteiger partial charge in [-0.1, -0.05) is 49.1 Å². The number of hydrogen-bond acceptors (Lipinski definition) is 3. The smallest absolute Gasteiger partial charge is 0.263 e. The molecule has 0 unspecified atom stereocenters. The number of carbonyl (C=O) groups is 1. The molecule has 1 fully saturated rings. The first-order valence-electron chi connectivity index (χ1n) is 9.11. The number of benzene rings is 2. The summed E-state index contributed by atoms with van der Waals surface area (Å²) in [7, 11) is -3.90. The molecular weight excluding hydrogens is 384 g/mol. The molecule has 2 aromatic rings. The Balaban J connectivity index is 1.74. The third kappa shape index (κ3) is 5.23. The van der Waals surface area contributed by atoms with Gasteiger partial charge in [0.25, 0.3) is 15.9 Å². The van der Waals surface area contributed by atoms with E-state index in [0.29, 0.717) is 18.2 Å². The summed E-state index contributed by atoms with van der Waals surface area (Å²) in [6.45, 7) is 0.617. The van der Waals surface area contributed by atoms with Gasteiger partial charge in [0.15, 0.2) is 0 Å². The largest absolute Gasteiger partial charge is 0.352 e. The van der Waals surface area contributed by atoms with Gasteiger partial charge in [-0.25, -0.2) is 8.42 Å². The zero-order valence-electron chi connectivity index (χ0n) is 14.9. The van der Waals surface area contributed by atoms with Crippen molar-refractivity contribution < 1.29 is 13.2 Å². The van der Waals surface area contributed by atoms with Crippen molar-refractivity contribution in [2.24, 2.45) is 5.92 Å². The summed E-state index contributed by atoms with van der Waals surface area (Å²) in [5.74, 6) is 0.214. The summed E-state index contributed by atoms with van der Waals surface area (Å²) < 4.78 is 27.8. The highest BCUT2D eigenvalue weighted by Crippen LogP contribution is 2.26. The fraction of sp³-hybridized carbons (Fsp3) is 0.350. The van der Waals surface area contributed by atoms with Crippen LogP contribution in [0.3, 0.4) is 0 Å². The van der Waals surface area contributed by atoms with Crippen LogP contribution in [0.5, 0.6) is 0 Å². The lowest BCUT2D eigenvalue weighted by Crippen LogP contribution is -2.30. The van der Waals surface area contributed by atoms with Gasteiger partial charge < -0.3 is 5.32 Å². The minimum atomic E-state index is -3.90. The first-order chi connectivity index (χ1) is 13.0. The first kappa shape index (κ1) is 19.7. The second-order valence-corrected chi connectivity index (χ2v) is 8.89. The Kier molecular flexibility index (Phi) is 6.39. The van der Waals surface area contributed by atoms with E-state index < -0.39 is 10.0 Å². The maximum Gasteiger partial charge on any atom is 0.263 e. The molecule has 0 radical (unpaired) electrons. The average Bonchev–Trinajstić information content (AvgIpc) is 2.67. The number of nitrogens with one attached hydrogen (secondary N) is 2. The van der Waals surface area contributed by atoms with Gasteiger partial charge in [0.1, 0.15) is 4.90 Å². The molecule has 144 valence electrons. The van der Waals surface area contributed by atoms with Gasteiger partial charge in [0.05, 0.1) is 5.02 Å². The SMILES string of the molecule is O=C(NCC1CCCCC1)c1ccc(Cl)c(S(=O)(=O)Nc2ccccc2)c1. The molecule has 0 heterocycles. The lowest BCUT2D eigenvalue weighted by Gasteiger charge is -2.21. The highest BCUT2D eigenvalue weighted by atomic mass is 35.5. The summed E-state index contributed by atoms with van der Waals surface area (Å²) in [6.07, 6.45) is 5.92. The van der Waals surface area contributed by atoms with E-state index in [9.17, 15) is 13.2 Å². The lowest BCUT2D eigenvalue weighted by atomic mass is 9.89. The van der Waals surface area contributed by atoms with E-state index in [0.717, 1.165) is 12.8 Å². The van der Waals surface area contributed by atoms with Crippen molar-refractivity contribution in [3.8, 4) is 0 Å². The van der Waals surface area contributed by atoms with Crippen molar-refractivity contribution >= 4 is 33.2 Å². The maximum atomic E-state index is 12.7. The highest BCUT2D eigenvalue weighted by Gasteiger charge is 2.21. The van der Waals surface area contributed by atoms with Crippen LogP contribution in [-0.2, 0) is 10.0 Å². The van der Waals surface area contributed by atoms with Gasteiger partial charge >= 0.3 is 0 Å². The Labute approximate surface area is 165 Å². The van der Waals surface area contributed by atoms with Crippen molar-refractivity contribution in [2.45, 2.75) is 37.0 Å². The maximum absolute atomic E-state index is 12.7. The molecule has 1 aliphatic carbocycles. The molecule has 0 aromatic heterocycles. The molecule has 1 amide bonds. The molecule has 2 N–H and O–H groups in total. The number of rotatable bonds is 6. The van der Waals surface area contributed by atoms with E-state index in [4.69, 9.17) is 11.6 Å². The third-order valence-corrected chi connectivity index (χ3v) is 6.65. The number of anilines is 1. The minimum Gasteiger partial charge on any atom is -0.352 e. The quantitative estimate of drug-likeness (QED) is 0.744. The van der Waals surface area contributed by atoms with Crippen LogP contribution in [0.1, 0.15) is 42.5 Å². The fourth-order valence-corrected chi connectivity index (χ4v) is 4.88. The van der Waals surface area contributed by atoms with Crippen LogP contribution in [0.2, 0.25) is 5.02 Å². The average molecular weight is 407 g/mol. The third-order valence-electron chi connectivity index (χ3n) is 4.78. The summed E-state index contributed by atoms with van der Waals surface area (Å²) in [5.41, 5.74) is 0.712. The zero-order valence-corrected chi connectivity index (χ0v) is 16.5. The Morgan fingerprint density at radius 1 is 1.04 bits per heavy atom. The number of amides is 1. The van der Waals surface area contributed by atoms with Crippen LogP contribution in [0.4, 0.5) is 5.69 Å². The van der Waals surface area contributed by atoms with E-state index in [1.54, 1.807) is 36.4 Å². The van der Waals surface area contributed by atoms with Crippen molar-refractivity contribution in [1.29, 1.82) is 0 Å². The molecule has 1 aliphatic rings. The number of halogens is 1. The molecule has 3 rings (SSSR count). The van der Waals surface area contributed by atoms with Gasteiger partial charge in [0, 0.05) is 17.8 Å². The van der Waals surface area contributed by atoms with Gasteiger partial charge in [-0.05, 0) is 49.1 Å². The van der Waals surface area contributed by atoms with Crippen LogP contribution in [0.15, 0.2) is 53.4 Å². The van der Waals surface area contributed by atoms with Crippen LogP contribution in [0, 0.1) is 5.92 Å². The van der Waals surface area contributed by atoms with Crippen molar-refractivity contribution in [2.75, 3.05) is 11.3 Å². The van der Waals surface area contributed by atoms with Crippen LogP contribution in [0.25, 0.3) is 0 Å². The van der Waals surface area contributed by atoms with Crippen LogP contribution < -0.4 is 10.0 Å². The number of sulfonamides is 1. The number of carbonyl (C=O) groups excluding carboxylic acids is 1. The van der Waals surface area contributed by atoms with Crippen LogP contribution >= 0.6 is 11.6 Å². The molecule has 27 heavy (non-hydrogen) atoms. The van der Waals surface area contributed by atoms with Crippen molar-refractivity contribution in [3.05, 3.63) is 59.1 Å². The van der Waals surface area contributed by atoms with E-state index in [1.807, 2.05) is 0 Å². The van der Waals surface area contributed by atoms with Gasteiger partial charge in [-0.2, -0.15) is 0 Å². The summed E-state index contributed by atoms with van der Waals surface area (Å²) in [5, 5.41) is 2.99. The number of hydrogen-bond donors (Lipinski definition) is 2. The molecule has 7 heteroatoms. The van der Waals surface area contributed by atoms with Crippen molar-refractivity contribution in [1.82, 2.24) is 5.32 Å². The molecule has 0 aliphatic heterocycles. The van der Waals surface area contributed by atoms with Gasteiger partial charge in [-0.3, -0.25) is 9.52 Å². The molecular formula is C20H23ClN2O3S. The van der Waals surface area contributed by atoms with Crippen molar-refractivity contribution in [3.63, 3.8) is 0 Å². The lowest BCUT2D eigenvalue weighted by molar-refractivity contribution is 0.0943. The fourth-order valence-electron chi connectivity index (χ4n) is 3.30. The second kappa shape index (κ2) is 8.76. The van der Waals surface area contributed by atoms with E-state index in [1.165, 1.54) is 31.4 Å². The molecule has 5 nitrogen and oxygen atoms in total. The van der Waals surface area contributed by atoms with Gasteiger partial charge in [0.2, 0.25) is 0 Å². The Bertz CT molecular complexity index is 895. The van der Waals surface area contributed by atoms with E-state index in [2.05, 4.69) is 10.0 Å². The highest BCUT2D eigenvalue weighted by molar-refractivity contribution is 7.92. The molecule has 2 aromatic carbocycles. The molecule has 0 bridgehead atoms. The Hall–Kier alpha value is -2.05. The summed E-state index contributed by atoms with van der Waals surface area (Å²) in [6, 6.07) is 12.9. The summed E-state index contributed by atoms with van der Waals surface area (Å²) >= 11 is 6.10. The predicted octanol–water partition coefficient (Wildman–Crippen LogP) is 4.45. The normalized spacial score (nSPS) is 15.3. The zero-order chi connectivity index (χ0) is 19.3. The number of para-hydroxylation sites is 1. The monoisotopic (exact) mass is 406 g/mol. The minimum absolute atomic E-state index is 0.0715. The molecule has 0 saturated heterocycles. The Morgan fingerprint density at radius 3 is 2.44 bits per heavy atom. The Morgan fingerprint density at radius 2 is 1.74 bits per heavy atom. The predicted molar refractivity (Wildman–Crippen MR) is 108 cm³/mol. The molecule has 0 spiro atoms. The molecule has 0 atom stereocenters. The summed E-state index contributed by atoms with van der Waals surface area (Å²) in [4.78, 5) is 12.4.